The number of hydrogen-bond donors (Lipinski definition) is 1. The number of aryl methyl sites for hydroxylation is 1. The molecule has 6 heteroatoms. The van der Waals surface area contributed by atoms with Crippen LogP contribution in [0, 0.1) is 0 Å². The van der Waals surface area contributed by atoms with Gasteiger partial charge in [0.15, 0.2) is 5.82 Å². The first-order chi connectivity index (χ1) is 8.36. The van der Waals surface area contributed by atoms with Gasteiger partial charge in [0.05, 0.1) is 13.2 Å². The van der Waals surface area contributed by atoms with Crippen LogP contribution < -0.4 is 5.32 Å². The number of nitrogens with zero attached hydrogens (tertiary/aromatic N) is 3. The summed E-state index contributed by atoms with van der Waals surface area (Å²) in [6.45, 7) is 6.60. The lowest BCUT2D eigenvalue weighted by Crippen LogP contribution is -2.19. The molecule has 1 heterocycles. The summed E-state index contributed by atoms with van der Waals surface area (Å²) in [7, 11) is 1.69. The Morgan fingerprint density at radius 1 is 1.41 bits per heavy atom. The maximum absolute atomic E-state index is 5.27. The van der Waals surface area contributed by atoms with Crippen LogP contribution in [0.3, 0.4) is 0 Å². The van der Waals surface area contributed by atoms with E-state index in [2.05, 4.69) is 15.4 Å². The number of nitrogens with one attached hydrogen (secondary N) is 1. The molecule has 1 rings (SSSR count). The van der Waals surface area contributed by atoms with Gasteiger partial charge in [0.1, 0.15) is 6.33 Å². The molecule has 0 unspecified atom stereocenters. The van der Waals surface area contributed by atoms with E-state index >= 15 is 0 Å². The largest absolute Gasteiger partial charge is 0.383 e. The molecule has 6 nitrogen and oxygen atoms in total. The van der Waals surface area contributed by atoms with Gasteiger partial charge in [-0.25, -0.2) is 4.98 Å². The maximum Gasteiger partial charge on any atom is 0.164 e. The van der Waals surface area contributed by atoms with E-state index in [1.807, 2.05) is 11.6 Å². The summed E-state index contributed by atoms with van der Waals surface area (Å²) in [5.41, 5.74) is 0. The molecule has 0 aliphatic heterocycles. The minimum atomic E-state index is 0.682. The van der Waals surface area contributed by atoms with Gasteiger partial charge in [0.2, 0.25) is 0 Å². The minimum Gasteiger partial charge on any atom is -0.383 e. The minimum absolute atomic E-state index is 0.682. The highest BCUT2D eigenvalue weighted by Gasteiger charge is 2.00. The quantitative estimate of drug-likeness (QED) is 0.603. The molecule has 0 fully saturated rings. The third kappa shape index (κ3) is 6.35. The number of methoxy groups -OCH3 is 1. The van der Waals surface area contributed by atoms with Crippen LogP contribution in [0.5, 0.6) is 0 Å². The zero-order valence-electron chi connectivity index (χ0n) is 10.7. The Balaban J connectivity index is 2.14. The first-order valence-electron chi connectivity index (χ1n) is 6.02. The Morgan fingerprint density at radius 3 is 3.06 bits per heavy atom. The fourth-order valence-corrected chi connectivity index (χ4v) is 1.37. The first-order valence-corrected chi connectivity index (χ1v) is 6.02. The predicted octanol–water partition coefficient (Wildman–Crippen LogP) is 0.441. The SMILES string of the molecule is CCOCCCn1cnc(CNCCOC)n1. The monoisotopic (exact) mass is 242 g/mol. The number of hydrogen-bond acceptors (Lipinski definition) is 5. The van der Waals surface area contributed by atoms with Gasteiger partial charge in [-0.2, -0.15) is 5.10 Å². The zero-order valence-corrected chi connectivity index (χ0v) is 10.7. The van der Waals surface area contributed by atoms with E-state index in [4.69, 9.17) is 9.47 Å². The van der Waals surface area contributed by atoms with Crippen LogP contribution in [0.1, 0.15) is 19.2 Å². The molecular formula is C11H22N4O2. The fraction of sp³-hybridized carbons (Fsp3) is 0.818. The number of ether oxygens (including phenoxy) is 2. The topological polar surface area (TPSA) is 61.2 Å². The van der Waals surface area contributed by atoms with Crippen molar-refractivity contribution in [2.24, 2.45) is 0 Å². The lowest BCUT2D eigenvalue weighted by molar-refractivity contribution is 0.140. The lowest BCUT2D eigenvalue weighted by Gasteiger charge is -2.01. The standard InChI is InChI=1S/C11H22N4O2/c1-3-17-7-4-6-15-10-13-11(14-15)9-12-5-8-16-2/h10,12H,3-9H2,1-2H3. The second-order valence-electron chi connectivity index (χ2n) is 3.64. The Hall–Kier alpha value is -0.980. The molecule has 17 heavy (non-hydrogen) atoms. The van der Waals surface area contributed by atoms with E-state index in [1.165, 1.54) is 0 Å². The van der Waals surface area contributed by atoms with Crippen molar-refractivity contribution in [2.75, 3.05) is 33.5 Å². The fourth-order valence-electron chi connectivity index (χ4n) is 1.37. The van der Waals surface area contributed by atoms with Crippen molar-refractivity contribution in [1.82, 2.24) is 20.1 Å². The molecule has 0 atom stereocenters. The smallest absolute Gasteiger partial charge is 0.164 e. The highest BCUT2D eigenvalue weighted by atomic mass is 16.5. The van der Waals surface area contributed by atoms with Crippen LogP contribution in [0.15, 0.2) is 6.33 Å². The summed E-state index contributed by atoms with van der Waals surface area (Å²) in [5.74, 6) is 0.817. The normalized spacial score (nSPS) is 10.9. The van der Waals surface area contributed by atoms with Gasteiger partial charge >= 0.3 is 0 Å². The molecule has 0 saturated heterocycles. The van der Waals surface area contributed by atoms with E-state index in [0.29, 0.717) is 13.2 Å². The Labute approximate surface area is 102 Å². The molecule has 0 aromatic carbocycles. The van der Waals surface area contributed by atoms with Crippen LogP contribution >= 0.6 is 0 Å². The molecule has 0 saturated carbocycles. The third-order valence-corrected chi connectivity index (χ3v) is 2.23. The van der Waals surface area contributed by atoms with Crippen LogP contribution in [0.2, 0.25) is 0 Å². The summed E-state index contributed by atoms with van der Waals surface area (Å²) in [5, 5.41) is 7.56. The van der Waals surface area contributed by atoms with Crippen LogP contribution in [-0.4, -0.2) is 48.2 Å². The van der Waals surface area contributed by atoms with Crippen molar-refractivity contribution in [3.8, 4) is 0 Å². The second kappa shape index (κ2) is 9.09. The van der Waals surface area contributed by atoms with Crippen LogP contribution in [0.4, 0.5) is 0 Å². The molecule has 0 amide bonds. The van der Waals surface area contributed by atoms with E-state index in [0.717, 1.165) is 38.5 Å². The van der Waals surface area contributed by atoms with Gasteiger partial charge in [-0.05, 0) is 13.3 Å². The molecule has 1 aromatic rings. The summed E-state index contributed by atoms with van der Waals surface area (Å²) in [6, 6.07) is 0. The average molecular weight is 242 g/mol. The highest BCUT2D eigenvalue weighted by molar-refractivity contribution is 4.80. The van der Waals surface area contributed by atoms with E-state index in [-0.39, 0.29) is 0 Å². The van der Waals surface area contributed by atoms with E-state index < -0.39 is 0 Å². The van der Waals surface area contributed by atoms with Gasteiger partial charge in [-0.15, -0.1) is 0 Å². The van der Waals surface area contributed by atoms with Crippen LogP contribution in [0.25, 0.3) is 0 Å². The van der Waals surface area contributed by atoms with Crippen molar-refractivity contribution < 1.29 is 9.47 Å². The maximum atomic E-state index is 5.27. The highest BCUT2D eigenvalue weighted by Crippen LogP contribution is 1.93. The van der Waals surface area contributed by atoms with Gasteiger partial charge in [0.25, 0.3) is 0 Å². The number of rotatable bonds is 10. The Bertz CT molecular complexity index is 264. The molecule has 1 aromatic heterocycles. The molecular weight excluding hydrogens is 220 g/mol. The molecule has 1 N–H and O–H groups in total. The molecule has 0 radical (unpaired) electrons. The van der Waals surface area contributed by atoms with Gasteiger partial charge in [0, 0.05) is 33.4 Å². The van der Waals surface area contributed by atoms with E-state index in [1.54, 1.807) is 13.4 Å². The van der Waals surface area contributed by atoms with Crippen molar-refractivity contribution in [3.63, 3.8) is 0 Å². The third-order valence-electron chi connectivity index (χ3n) is 2.23. The predicted molar refractivity (Wildman–Crippen MR) is 64.7 cm³/mol. The molecule has 98 valence electrons. The van der Waals surface area contributed by atoms with E-state index in [9.17, 15) is 0 Å². The molecule has 0 bridgehead atoms. The van der Waals surface area contributed by atoms with Crippen molar-refractivity contribution in [2.45, 2.75) is 26.4 Å². The van der Waals surface area contributed by atoms with Crippen LogP contribution in [-0.2, 0) is 22.6 Å². The first kappa shape index (κ1) is 14.1. The molecule has 0 aliphatic rings. The van der Waals surface area contributed by atoms with Crippen molar-refractivity contribution in [3.05, 3.63) is 12.2 Å². The van der Waals surface area contributed by atoms with Crippen molar-refractivity contribution in [1.29, 1.82) is 0 Å². The van der Waals surface area contributed by atoms with Crippen molar-refractivity contribution >= 4 is 0 Å². The van der Waals surface area contributed by atoms with Gasteiger partial charge in [-0.1, -0.05) is 0 Å². The zero-order chi connectivity index (χ0) is 12.3. The van der Waals surface area contributed by atoms with Gasteiger partial charge in [-0.3, -0.25) is 4.68 Å². The summed E-state index contributed by atoms with van der Waals surface area (Å²) in [4.78, 5) is 4.22. The summed E-state index contributed by atoms with van der Waals surface area (Å²) >= 11 is 0. The summed E-state index contributed by atoms with van der Waals surface area (Å²) in [6.07, 6.45) is 2.73. The molecule has 0 spiro atoms. The number of aromatic nitrogens is 3. The summed E-state index contributed by atoms with van der Waals surface area (Å²) < 4.78 is 12.1. The molecule has 0 aliphatic carbocycles. The Kier molecular flexibility index (Phi) is 7.53. The average Bonchev–Trinajstić information content (AvgIpc) is 2.78. The Morgan fingerprint density at radius 2 is 2.29 bits per heavy atom. The lowest BCUT2D eigenvalue weighted by atomic mass is 10.4. The van der Waals surface area contributed by atoms with Gasteiger partial charge < -0.3 is 14.8 Å². The second-order valence-corrected chi connectivity index (χ2v) is 3.64.